The maximum Gasteiger partial charge on any atom is 0.170 e. The van der Waals surface area contributed by atoms with Crippen molar-refractivity contribution in [3.8, 4) is 22.8 Å². The fourth-order valence-corrected chi connectivity index (χ4v) is 5.76. The highest BCUT2D eigenvalue weighted by molar-refractivity contribution is 7.80. The first-order chi connectivity index (χ1) is 17.1. The number of thiocarbonyl (C=S) groups is 1. The second-order valence-corrected chi connectivity index (χ2v) is 9.80. The molecule has 7 nitrogen and oxygen atoms in total. The average Bonchev–Trinajstić information content (AvgIpc) is 3.29. The number of nitrogens with one attached hydrogen (secondary N) is 2. The van der Waals surface area contributed by atoms with E-state index in [1.165, 1.54) is 18.5 Å². The van der Waals surface area contributed by atoms with Crippen LogP contribution < -0.4 is 20.1 Å². The fourth-order valence-electron chi connectivity index (χ4n) is 5.56. The number of piperidine rings is 3. The molecule has 0 saturated carbocycles. The summed E-state index contributed by atoms with van der Waals surface area (Å²) in [4.78, 5) is 2.62. The lowest BCUT2D eigenvalue weighted by molar-refractivity contribution is 0.0303. The second-order valence-electron chi connectivity index (χ2n) is 9.39. The number of ether oxygens (including phenoxy) is 2. The van der Waals surface area contributed by atoms with E-state index in [9.17, 15) is 0 Å². The van der Waals surface area contributed by atoms with Crippen molar-refractivity contribution >= 4 is 23.0 Å². The topological polar surface area (TPSA) is 63.6 Å². The molecule has 3 aromatic rings. The van der Waals surface area contributed by atoms with Gasteiger partial charge in [-0.2, -0.15) is 5.10 Å². The van der Waals surface area contributed by atoms with Crippen molar-refractivity contribution in [1.82, 2.24) is 20.0 Å². The molecule has 8 heteroatoms. The molecule has 35 heavy (non-hydrogen) atoms. The first kappa shape index (κ1) is 23.6. The summed E-state index contributed by atoms with van der Waals surface area (Å²) in [6.07, 6.45) is 2.40. The molecule has 3 aliphatic rings. The summed E-state index contributed by atoms with van der Waals surface area (Å²) < 4.78 is 12.9. The first-order valence-corrected chi connectivity index (χ1v) is 12.6. The van der Waals surface area contributed by atoms with Gasteiger partial charge in [0.05, 0.1) is 19.9 Å². The van der Waals surface area contributed by atoms with Crippen molar-refractivity contribution in [3.63, 3.8) is 0 Å². The average molecular weight is 492 g/mol. The molecule has 3 fully saturated rings. The van der Waals surface area contributed by atoms with Crippen LogP contribution >= 0.6 is 12.2 Å². The quantitative estimate of drug-likeness (QED) is 0.479. The van der Waals surface area contributed by atoms with Crippen molar-refractivity contribution in [2.45, 2.75) is 24.8 Å². The summed E-state index contributed by atoms with van der Waals surface area (Å²) in [5, 5.41) is 12.2. The summed E-state index contributed by atoms with van der Waals surface area (Å²) in [6.45, 7) is 3.07. The molecule has 0 aliphatic carbocycles. The third-order valence-electron chi connectivity index (χ3n) is 7.38. The molecule has 6 rings (SSSR count). The van der Waals surface area contributed by atoms with Crippen molar-refractivity contribution in [3.05, 3.63) is 60.3 Å². The zero-order valence-corrected chi connectivity index (χ0v) is 21.3. The molecule has 2 N–H and O–H groups in total. The molecule has 4 heterocycles. The normalized spacial score (nSPS) is 23.1. The fraction of sp³-hybridized carbons (Fsp3) is 0.407. The molecule has 2 bridgehead atoms. The molecular weight excluding hydrogens is 458 g/mol. The number of hydrogen-bond acceptors (Lipinski definition) is 5. The van der Waals surface area contributed by atoms with Gasteiger partial charge in [0.1, 0.15) is 0 Å². The number of nitrogens with zero attached hydrogens (tertiary/aromatic N) is 3. The maximum atomic E-state index is 5.52. The van der Waals surface area contributed by atoms with Gasteiger partial charge in [0.25, 0.3) is 0 Å². The maximum absolute atomic E-state index is 5.52. The Bertz CT molecular complexity index is 1180. The van der Waals surface area contributed by atoms with Gasteiger partial charge in [0.2, 0.25) is 0 Å². The number of rotatable bonds is 7. The van der Waals surface area contributed by atoms with Gasteiger partial charge in [0.15, 0.2) is 16.6 Å². The Morgan fingerprint density at radius 2 is 1.89 bits per heavy atom. The molecule has 1 unspecified atom stereocenters. The lowest BCUT2D eigenvalue weighted by Crippen LogP contribution is -2.56. The molecule has 2 aromatic carbocycles. The van der Waals surface area contributed by atoms with Crippen LogP contribution in [0.5, 0.6) is 11.5 Å². The van der Waals surface area contributed by atoms with E-state index in [-0.39, 0.29) is 0 Å². The minimum Gasteiger partial charge on any atom is -0.493 e. The monoisotopic (exact) mass is 491 g/mol. The minimum atomic E-state index is 0.487. The Morgan fingerprint density at radius 3 is 2.60 bits per heavy atom. The van der Waals surface area contributed by atoms with Crippen molar-refractivity contribution in [2.24, 2.45) is 13.0 Å². The number of benzene rings is 2. The first-order valence-electron chi connectivity index (χ1n) is 12.2. The summed E-state index contributed by atoms with van der Waals surface area (Å²) in [5.74, 6) is 2.58. The molecule has 3 saturated heterocycles. The van der Waals surface area contributed by atoms with Crippen molar-refractivity contribution in [1.29, 1.82) is 0 Å². The highest BCUT2D eigenvalue weighted by Gasteiger charge is 2.41. The number of aromatic nitrogens is 2. The van der Waals surface area contributed by atoms with E-state index < -0.39 is 0 Å². The van der Waals surface area contributed by atoms with Crippen molar-refractivity contribution < 1.29 is 9.47 Å². The Morgan fingerprint density at radius 1 is 1.09 bits per heavy atom. The van der Waals surface area contributed by atoms with Crippen LogP contribution in [0.3, 0.4) is 0 Å². The van der Waals surface area contributed by atoms with Crippen LogP contribution in [-0.2, 0) is 7.05 Å². The Kier molecular flexibility index (Phi) is 6.92. The third kappa shape index (κ3) is 4.99. The number of para-hydroxylation sites is 1. The van der Waals surface area contributed by atoms with Crippen molar-refractivity contribution in [2.75, 3.05) is 39.2 Å². The summed E-state index contributed by atoms with van der Waals surface area (Å²) in [7, 11) is 5.37. The van der Waals surface area contributed by atoms with Crippen LogP contribution in [0.2, 0.25) is 0 Å². The SMILES string of the molecule is COc1ccc(-c2cc([C@H]3CN4CC[C@H]3C[C@@H]4CNC(=S)Nc3ccccc3)n(C)n2)cc1OC. The zero-order chi connectivity index (χ0) is 24.4. The summed E-state index contributed by atoms with van der Waals surface area (Å²) >= 11 is 5.52. The lowest BCUT2D eigenvalue weighted by atomic mass is 9.74. The predicted octanol–water partition coefficient (Wildman–Crippen LogP) is 4.27. The van der Waals surface area contributed by atoms with Gasteiger partial charge in [0, 0.05) is 49.0 Å². The van der Waals surface area contributed by atoms with Crippen LogP contribution in [-0.4, -0.2) is 59.7 Å². The van der Waals surface area contributed by atoms with Crippen LogP contribution in [0.15, 0.2) is 54.6 Å². The summed E-state index contributed by atoms with van der Waals surface area (Å²) in [6, 6.07) is 18.8. The third-order valence-corrected chi connectivity index (χ3v) is 7.63. The largest absolute Gasteiger partial charge is 0.493 e. The van der Waals surface area contributed by atoms with E-state index in [2.05, 4.69) is 33.3 Å². The Labute approximate surface area is 212 Å². The predicted molar refractivity (Wildman–Crippen MR) is 143 cm³/mol. The highest BCUT2D eigenvalue weighted by atomic mass is 32.1. The Hall–Kier alpha value is -3.10. The minimum absolute atomic E-state index is 0.487. The van der Waals surface area contributed by atoms with Gasteiger partial charge < -0.3 is 20.1 Å². The zero-order valence-electron chi connectivity index (χ0n) is 20.5. The molecule has 0 spiro atoms. The van der Waals surface area contributed by atoms with E-state index in [1.807, 2.05) is 48.5 Å². The van der Waals surface area contributed by atoms with Crippen LogP contribution in [0.25, 0.3) is 11.3 Å². The highest BCUT2D eigenvalue weighted by Crippen LogP contribution is 2.42. The molecule has 0 radical (unpaired) electrons. The van der Waals surface area contributed by atoms with E-state index in [4.69, 9.17) is 26.8 Å². The number of hydrogen-bond donors (Lipinski definition) is 2. The van der Waals surface area contributed by atoms with E-state index in [0.717, 1.165) is 48.1 Å². The van der Waals surface area contributed by atoms with Crippen LogP contribution in [0, 0.1) is 5.92 Å². The molecule has 1 aromatic heterocycles. The lowest BCUT2D eigenvalue weighted by Gasteiger charge is -2.50. The van der Waals surface area contributed by atoms with Crippen LogP contribution in [0.4, 0.5) is 5.69 Å². The molecular formula is C27H33N5O2S. The Balaban J connectivity index is 1.24. The van der Waals surface area contributed by atoms with E-state index in [1.54, 1.807) is 14.2 Å². The second kappa shape index (κ2) is 10.3. The molecule has 0 amide bonds. The van der Waals surface area contributed by atoms with Gasteiger partial charge in [-0.15, -0.1) is 0 Å². The smallest absolute Gasteiger partial charge is 0.170 e. The van der Waals surface area contributed by atoms with Gasteiger partial charge in [-0.1, -0.05) is 18.2 Å². The number of aryl methyl sites for hydroxylation is 1. The molecule has 4 atom stereocenters. The van der Waals surface area contributed by atoms with E-state index >= 15 is 0 Å². The number of fused-ring (bicyclic) bond motifs is 3. The molecule has 3 aliphatic heterocycles. The van der Waals surface area contributed by atoms with E-state index in [0.29, 0.717) is 23.0 Å². The number of anilines is 1. The summed E-state index contributed by atoms with van der Waals surface area (Å²) in [5.41, 5.74) is 4.32. The molecule has 184 valence electrons. The van der Waals surface area contributed by atoms with Gasteiger partial charge in [-0.25, -0.2) is 0 Å². The standard InChI is InChI=1S/C27H33N5O2S/c1-31-24(15-23(30-31)19-9-10-25(33-2)26(14-19)34-3)22-17-32-12-11-18(22)13-21(32)16-28-27(35)29-20-7-5-4-6-8-20/h4-10,14-15,18,21-22H,11-13,16-17H2,1-3H3,(H2,28,29,35)/t18-,21+,22-/m0/s1. The number of methoxy groups -OCH3 is 2. The van der Waals surface area contributed by atoms with Gasteiger partial charge >= 0.3 is 0 Å². The van der Waals surface area contributed by atoms with Crippen LogP contribution in [0.1, 0.15) is 24.5 Å². The van der Waals surface area contributed by atoms with Gasteiger partial charge in [-0.3, -0.25) is 9.58 Å². The van der Waals surface area contributed by atoms with Gasteiger partial charge in [-0.05, 0) is 73.9 Å².